The summed E-state index contributed by atoms with van der Waals surface area (Å²) < 4.78 is 1.32. The lowest BCUT2D eigenvalue weighted by Gasteiger charge is -2.38. The second-order valence-corrected chi connectivity index (χ2v) is 6.60. The summed E-state index contributed by atoms with van der Waals surface area (Å²) in [4.78, 5) is 12.0. The summed E-state index contributed by atoms with van der Waals surface area (Å²) in [6.07, 6.45) is 6.39. The highest BCUT2D eigenvalue weighted by Gasteiger charge is 2.36. The summed E-state index contributed by atoms with van der Waals surface area (Å²) in [7, 11) is 0. The van der Waals surface area contributed by atoms with E-state index in [-0.39, 0.29) is 11.4 Å². The molecule has 0 aliphatic heterocycles. The normalized spacial score (nSPS) is 18.1. The molecule has 2 aromatic rings. The van der Waals surface area contributed by atoms with Crippen molar-refractivity contribution in [3.05, 3.63) is 35.2 Å². The van der Waals surface area contributed by atoms with Gasteiger partial charge in [-0.2, -0.15) is 0 Å². The first-order valence-electron chi connectivity index (χ1n) is 7.53. The van der Waals surface area contributed by atoms with Crippen LogP contribution < -0.4 is 5.32 Å². The Morgan fingerprint density at radius 1 is 1.25 bits per heavy atom. The average molecular weight is 287 g/mol. The minimum Gasteiger partial charge on any atom is -0.347 e. The second-order valence-electron chi connectivity index (χ2n) is 5.69. The van der Waals surface area contributed by atoms with Crippen LogP contribution in [0, 0.1) is 0 Å². The van der Waals surface area contributed by atoms with Crippen LogP contribution in [0.25, 0.3) is 10.1 Å². The molecule has 0 radical (unpaired) electrons. The van der Waals surface area contributed by atoms with Crippen molar-refractivity contribution in [2.24, 2.45) is 0 Å². The minimum absolute atomic E-state index is 0.134. The molecule has 1 aromatic carbocycles. The van der Waals surface area contributed by atoms with Gasteiger partial charge in [-0.1, -0.05) is 44.4 Å². The minimum atomic E-state index is -0.134. The molecule has 3 heteroatoms. The van der Waals surface area contributed by atoms with Crippen LogP contribution in [0.3, 0.4) is 0 Å². The van der Waals surface area contributed by atoms with Crippen LogP contribution in [0.5, 0.6) is 0 Å². The Kier molecular flexibility index (Phi) is 3.79. The lowest BCUT2D eigenvalue weighted by atomic mass is 9.76. The summed E-state index contributed by atoms with van der Waals surface area (Å²) in [6, 6.07) is 8.54. The molecule has 1 saturated carbocycles. The Morgan fingerprint density at radius 3 is 2.75 bits per heavy atom. The molecule has 0 spiro atoms. The van der Waals surface area contributed by atoms with E-state index < -0.39 is 0 Å². The van der Waals surface area contributed by atoms with Crippen LogP contribution in [0.4, 0.5) is 0 Å². The summed E-state index contributed by atoms with van der Waals surface area (Å²) in [5.74, 6) is 0.169. The number of benzene rings is 1. The molecule has 1 N–H and O–H groups in total. The van der Waals surface area contributed by atoms with Crippen molar-refractivity contribution in [2.45, 2.75) is 51.0 Å². The van der Waals surface area contributed by atoms with Crippen LogP contribution in [-0.2, 0) is 10.3 Å². The van der Waals surface area contributed by atoms with Crippen LogP contribution in [-0.4, -0.2) is 5.91 Å². The van der Waals surface area contributed by atoms with Crippen molar-refractivity contribution in [1.82, 2.24) is 5.32 Å². The fourth-order valence-corrected chi connectivity index (χ4v) is 4.38. The molecular formula is C17H21NOS. The van der Waals surface area contributed by atoms with Gasteiger partial charge in [-0.3, -0.25) is 4.79 Å². The number of nitrogens with one attached hydrogen (secondary N) is 1. The van der Waals surface area contributed by atoms with Gasteiger partial charge in [0, 0.05) is 11.1 Å². The first kappa shape index (κ1) is 13.6. The molecule has 0 unspecified atom stereocenters. The van der Waals surface area contributed by atoms with Gasteiger partial charge >= 0.3 is 0 Å². The maximum atomic E-state index is 12.0. The van der Waals surface area contributed by atoms with Crippen LogP contribution in [0.2, 0.25) is 0 Å². The summed E-state index contributed by atoms with van der Waals surface area (Å²) in [5, 5.41) is 6.92. The van der Waals surface area contributed by atoms with E-state index in [9.17, 15) is 4.79 Å². The van der Waals surface area contributed by atoms with Gasteiger partial charge in [-0.15, -0.1) is 11.3 Å². The van der Waals surface area contributed by atoms with E-state index in [2.05, 4.69) is 35.0 Å². The van der Waals surface area contributed by atoms with Gasteiger partial charge in [0.2, 0.25) is 5.91 Å². The largest absolute Gasteiger partial charge is 0.347 e. The first-order valence-corrected chi connectivity index (χ1v) is 8.41. The van der Waals surface area contributed by atoms with E-state index in [0.717, 1.165) is 12.8 Å². The molecule has 0 bridgehead atoms. The Bertz CT molecular complexity index is 610. The number of hydrogen-bond donors (Lipinski definition) is 1. The monoisotopic (exact) mass is 287 g/mol. The highest BCUT2D eigenvalue weighted by Crippen LogP contribution is 2.42. The predicted octanol–water partition coefficient (Wildman–Crippen LogP) is 4.59. The van der Waals surface area contributed by atoms with Gasteiger partial charge in [0.25, 0.3) is 0 Å². The number of hydrogen-bond acceptors (Lipinski definition) is 2. The van der Waals surface area contributed by atoms with Crippen molar-refractivity contribution in [2.75, 3.05) is 0 Å². The Morgan fingerprint density at radius 2 is 2.00 bits per heavy atom. The molecule has 1 heterocycles. The molecule has 1 aromatic heterocycles. The molecular weight excluding hydrogens is 266 g/mol. The maximum Gasteiger partial charge on any atom is 0.220 e. The zero-order valence-electron chi connectivity index (χ0n) is 11.9. The van der Waals surface area contributed by atoms with Crippen molar-refractivity contribution in [3.63, 3.8) is 0 Å². The summed E-state index contributed by atoms with van der Waals surface area (Å²) in [6.45, 7) is 1.93. The van der Waals surface area contributed by atoms with E-state index in [0.29, 0.717) is 6.42 Å². The van der Waals surface area contributed by atoms with Gasteiger partial charge in [0.15, 0.2) is 0 Å². The van der Waals surface area contributed by atoms with Crippen molar-refractivity contribution in [1.29, 1.82) is 0 Å². The number of rotatable bonds is 3. The maximum absolute atomic E-state index is 12.0. The van der Waals surface area contributed by atoms with Gasteiger partial charge in [0.1, 0.15) is 0 Å². The fraction of sp³-hybridized carbons (Fsp3) is 0.471. The van der Waals surface area contributed by atoms with Gasteiger partial charge in [-0.25, -0.2) is 0 Å². The van der Waals surface area contributed by atoms with Gasteiger partial charge in [-0.05, 0) is 35.2 Å². The predicted molar refractivity (Wildman–Crippen MR) is 85.0 cm³/mol. The van der Waals surface area contributed by atoms with Crippen LogP contribution in [0.15, 0.2) is 29.6 Å². The van der Waals surface area contributed by atoms with Crippen LogP contribution >= 0.6 is 11.3 Å². The van der Waals surface area contributed by atoms with Crippen molar-refractivity contribution >= 4 is 27.3 Å². The SMILES string of the molecule is CCC(=O)NC1(c2csc3ccccc23)CCCCC1. The van der Waals surface area contributed by atoms with Crippen molar-refractivity contribution in [3.8, 4) is 0 Å². The standard InChI is InChI=1S/C17H21NOS/c1-2-16(19)18-17(10-6-3-7-11-17)14-12-20-15-9-5-4-8-13(14)15/h4-5,8-9,12H,2-3,6-7,10-11H2,1H3,(H,18,19). The lowest BCUT2D eigenvalue weighted by Crippen LogP contribution is -2.46. The molecule has 0 saturated heterocycles. The van der Waals surface area contributed by atoms with E-state index in [1.54, 1.807) is 11.3 Å². The number of carbonyl (C=O) groups excluding carboxylic acids is 1. The second kappa shape index (κ2) is 5.57. The van der Waals surface area contributed by atoms with Crippen LogP contribution in [0.1, 0.15) is 51.0 Å². The quantitative estimate of drug-likeness (QED) is 0.879. The highest BCUT2D eigenvalue weighted by molar-refractivity contribution is 7.17. The van der Waals surface area contributed by atoms with E-state index >= 15 is 0 Å². The highest BCUT2D eigenvalue weighted by atomic mass is 32.1. The average Bonchev–Trinajstić information content (AvgIpc) is 2.92. The van der Waals surface area contributed by atoms with E-state index in [4.69, 9.17) is 0 Å². The van der Waals surface area contributed by atoms with Gasteiger partial charge < -0.3 is 5.32 Å². The molecule has 1 aliphatic carbocycles. The smallest absolute Gasteiger partial charge is 0.220 e. The molecule has 0 atom stereocenters. The first-order chi connectivity index (χ1) is 9.75. The molecule has 20 heavy (non-hydrogen) atoms. The molecule has 1 fully saturated rings. The van der Waals surface area contributed by atoms with Gasteiger partial charge in [0.05, 0.1) is 5.54 Å². The molecule has 2 nitrogen and oxygen atoms in total. The number of amides is 1. The van der Waals surface area contributed by atoms with E-state index in [1.807, 2.05) is 6.92 Å². The van der Waals surface area contributed by atoms with E-state index in [1.165, 1.54) is 34.9 Å². The molecule has 3 rings (SSSR count). The Balaban J connectivity index is 2.06. The molecule has 1 amide bonds. The molecule has 106 valence electrons. The van der Waals surface area contributed by atoms with Crippen molar-refractivity contribution < 1.29 is 4.79 Å². The third-order valence-corrected chi connectivity index (χ3v) is 5.37. The Hall–Kier alpha value is -1.35. The number of thiophene rings is 1. The number of carbonyl (C=O) groups is 1. The Labute approximate surface area is 124 Å². The number of fused-ring (bicyclic) bond motifs is 1. The lowest BCUT2D eigenvalue weighted by molar-refractivity contribution is -0.123. The topological polar surface area (TPSA) is 29.1 Å². The molecule has 1 aliphatic rings. The summed E-state index contributed by atoms with van der Waals surface area (Å²) >= 11 is 1.79. The third kappa shape index (κ3) is 2.35. The third-order valence-electron chi connectivity index (χ3n) is 4.40. The summed E-state index contributed by atoms with van der Waals surface area (Å²) in [5.41, 5.74) is 1.20. The fourth-order valence-electron chi connectivity index (χ4n) is 3.32. The zero-order valence-corrected chi connectivity index (χ0v) is 12.8. The zero-order chi connectivity index (χ0) is 14.0.